The van der Waals surface area contributed by atoms with Crippen LogP contribution in [0, 0.1) is 0 Å². The highest BCUT2D eigenvalue weighted by molar-refractivity contribution is 9.10. The van der Waals surface area contributed by atoms with Crippen LogP contribution in [-0.2, 0) is 6.54 Å². The maximum atomic E-state index is 5.32. The summed E-state index contributed by atoms with van der Waals surface area (Å²) >= 11 is 3.50. The molecule has 0 unspecified atom stereocenters. The number of halogens is 1. The molecular formula is C13H14BrN3O. The van der Waals surface area contributed by atoms with E-state index in [1.165, 1.54) is 0 Å². The Kier molecular flexibility index (Phi) is 4.52. The van der Waals surface area contributed by atoms with Crippen LogP contribution in [0.25, 0.3) is 0 Å². The van der Waals surface area contributed by atoms with Crippen molar-refractivity contribution in [2.45, 2.75) is 13.5 Å². The zero-order valence-corrected chi connectivity index (χ0v) is 11.6. The molecule has 1 aromatic heterocycles. The molecule has 2 rings (SSSR count). The predicted octanol–water partition coefficient (Wildman–Crippen LogP) is 3.25. The van der Waals surface area contributed by atoms with Gasteiger partial charge < -0.3 is 10.1 Å². The van der Waals surface area contributed by atoms with Crippen molar-refractivity contribution in [3.63, 3.8) is 0 Å². The molecule has 1 heterocycles. The van der Waals surface area contributed by atoms with E-state index in [4.69, 9.17) is 4.74 Å². The van der Waals surface area contributed by atoms with Gasteiger partial charge in [0.2, 0.25) is 11.8 Å². The van der Waals surface area contributed by atoms with Crippen LogP contribution in [0.3, 0.4) is 0 Å². The molecule has 0 saturated carbocycles. The Morgan fingerprint density at radius 2 is 2.11 bits per heavy atom. The van der Waals surface area contributed by atoms with Crippen LogP contribution in [0.4, 0.5) is 5.95 Å². The quantitative estimate of drug-likeness (QED) is 0.921. The minimum absolute atomic E-state index is 0.566. The lowest BCUT2D eigenvalue weighted by atomic mass is 10.2. The van der Waals surface area contributed by atoms with E-state index in [1.807, 2.05) is 31.2 Å². The van der Waals surface area contributed by atoms with E-state index in [-0.39, 0.29) is 0 Å². The van der Waals surface area contributed by atoms with Gasteiger partial charge in [0.05, 0.1) is 6.61 Å². The molecule has 0 aliphatic heterocycles. The fourth-order valence-corrected chi connectivity index (χ4v) is 1.90. The molecule has 0 aliphatic rings. The van der Waals surface area contributed by atoms with Gasteiger partial charge in [0.15, 0.2) is 0 Å². The van der Waals surface area contributed by atoms with Gasteiger partial charge in [-0.15, -0.1) is 0 Å². The Balaban J connectivity index is 2.02. The first-order chi connectivity index (χ1) is 8.79. The van der Waals surface area contributed by atoms with E-state index in [0.717, 1.165) is 10.0 Å². The molecule has 4 nitrogen and oxygen atoms in total. The molecule has 18 heavy (non-hydrogen) atoms. The number of nitrogens with zero attached hydrogens (tertiary/aromatic N) is 2. The highest BCUT2D eigenvalue weighted by Crippen LogP contribution is 2.17. The van der Waals surface area contributed by atoms with Crippen LogP contribution in [-0.4, -0.2) is 16.6 Å². The van der Waals surface area contributed by atoms with Gasteiger partial charge in [-0.25, -0.2) is 4.98 Å². The van der Waals surface area contributed by atoms with Crippen LogP contribution >= 0.6 is 15.9 Å². The van der Waals surface area contributed by atoms with E-state index >= 15 is 0 Å². The predicted molar refractivity (Wildman–Crippen MR) is 74.7 cm³/mol. The Hall–Kier alpha value is -1.62. The topological polar surface area (TPSA) is 47.0 Å². The number of rotatable bonds is 5. The van der Waals surface area contributed by atoms with Gasteiger partial charge in [0, 0.05) is 23.3 Å². The molecule has 2 aromatic rings. The second-order valence-electron chi connectivity index (χ2n) is 3.60. The molecule has 0 spiro atoms. The molecule has 0 bridgehead atoms. The standard InChI is InChI=1S/C13H14BrN3O/c1-2-18-12-7-8-15-13(17-12)16-9-10-5-3-4-6-11(10)14/h3-8H,2,9H2,1H3,(H,15,16,17). The second kappa shape index (κ2) is 6.35. The van der Waals surface area contributed by atoms with E-state index in [1.54, 1.807) is 12.3 Å². The van der Waals surface area contributed by atoms with Gasteiger partial charge in [-0.3, -0.25) is 0 Å². The lowest BCUT2D eigenvalue weighted by Crippen LogP contribution is -2.05. The number of aromatic nitrogens is 2. The van der Waals surface area contributed by atoms with Crippen LogP contribution in [0.5, 0.6) is 5.88 Å². The van der Waals surface area contributed by atoms with Crippen molar-refractivity contribution < 1.29 is 4.74 Å². The number of nitrogens with one attached hydrogen (secondary N) is 1. The molecule has 0 saturated heterocycles. The monoisotopic (exact) mass is 307 g/mol. The van der Waals surface area contributed by atoms with Crippen LogP contribution in [0.2, 0.25) is 0 Å². The van der Waals surface area contributed by atoms with Gasteiger partial charge in [-0.1, -0.05) is 34.1 Å². The van der Waals surface area contributed by atoms with Gasteiger partial charge >= 0.3 is 0 Å². The van der Waals surface area contributed by atoms with E-state index in [0.29, 0.717) is 25.0 Å². The largest absolute Gasteiger partial charge is 0.478 e. The molecule has 0 amide bonds. The summed E-state index contributed by atoms with van der Waals surface area (Å²) in [4.78, 5) is 8.40. The number of benzene rings is 1. The van der Waals surface area contributed by atoms with Crippen LogP contribution in [0.1, 0.15) is 12.5 Å². The second-order valence-corrected chi connectivity index (χ2v) is 4.45. The molecule has 5 heteroatoms. The number of ether oxygens (including phenoxy) is 1. The summed E-state index contributed by atoms with van der Waals surface area (Å²) in [5, 5.41) is 3.17. The Bertz CT molecular complexity index is 519. The summed E-state index contributed by atoms with van der Waals surface area (Å²) in [5.74, 6) is 1.15. The minimum atomic E-state index is 0.566. The van der Waals surface area contributed by atoms with E-state index in [2.05, 4.69) is 31.2 Å². The summed E-state index contributed by atoms with van der Waals surface area (Å²) < 4.78 is 6.39. The van der Waals surface area contributed by atoms with Crippen molar-refractivity contribution in [3.8, 4) is 5.88 Å². The molecule has 1 N–H and O–H groups in total. The Morgan fingerprint density at radius 3 is 2.89 bits per heavy atom. The zero-order chi connectivity index (χ0) is 12.8. The molecular weight excluding hydrogens is 294 g/mol. The van der Waals surface area contributed by atoms with Crippen LogP contribution in [0.15, 0.2) is 41.0 Å². The fraction of sp³-hybridized carbons (Fsp3) is 0.231. The average molecular weight is 308 g/mol. The summed E-state index contributed by atoms with van der Waals surface area (Å²) in [7, 11) is 0. The maximum Gasteiger partial charge on any atom is 0.226 e. The number of hydrogen-bond acceptors (Lipinski definition) is 4. The number of anilines is 1. The van der Waals surface area contributed by atoms with Crippen LogP contribution < -0.4 is 10.1 Å². The summed E-state index contributed by atoms with van der Waals surface area (Å²) in [6.45, 7) is 3.19. The van der Waals surface area contributed by atoms with Crippen molar-refractivity contribution in [2.75, 3.05) is 11.9 Å². The van der Waals surface area contributed by atoms with E-state index < -0.39 is 0 Å². The van der Waals surface area contributed by atoms with E-state index in [9.17, 15) is 0 Å². The van der Waals surface area contributed by atoms with Crippen molar-refractivity contribution in [3.05, 3.63) is 46.6 Å². The summed E-state index contributed by atoms with van der Waals surface area (Å²) in [6.07, 6.45) is 1.68. The molecule has 0 radical (unpaired) electrons. The third-order valence-corrected chi connectivity index (χ3v) is 3.09. The Labute approximate surface area is 115 Å². The summed E-state index contributed by atoms with van der Waals surface area (Å²) in [5.41, 5.74) is 1.16. The normalized spacial score (nSPS) is 10.1. The lowest BCUT2D eigenvalue weighted by molar-refractivity contribution is 0.326. The maximum absolute atomic E-state index is 5.32. The first-order valence-electron chi connectivity index (χ1n) is 5.72. The highest BCUT2D eigenvalue weighted by atomic mass is 79.9. The highest BCUT2D eigenvalue weighted by Gasteiger charge is 2.01. The van der Waals surface area contributed by atoms with Gasteiger partial charge in [0.25, 0.3) is 0 Å². The molecule has 0 atom stereocenters. The minimum Gasteiger partial charge on any atom is -0.478 e. The summed E-state index contributed by atoms with van der Waals surface area (Å²) in [6, 6.07) is 9.78. The third-order valence-electron chi connectivity index (χ3n) is 2.32. The molecule has 0 fully saturated rings. The Morgan fingerprint density at radius 1 is 1.28 bits per heavy atom. The molecule has 0 aliphatic carbocycles. The zero-order valence-electron chi connectivity index (χ0n) is 10.1. The first-order valence-corrected chi connectivity index (χ1v) is 6.52. The van der Waals surface area contributed by atoms with Gasteiger partial charge in [-0.2, -0.15) is 4.98 Å². The van der Waals surface area contributed by atoms with Crippen molar-refractivity contribution in [1.29, 1.82) is 0 Å². The third kappa shape index (κ3) is 3.43. The first kappa shape index (κ1) is 12.8. The average Bonchev–Trinajstić information content (AvgIpc) is 2.39. The lowest BCUT2D eigenvalue weighted by Gasteiger charge is -2.07. The fourth-order valence-electron chi connectivity index (χ4n) is 1.47. The van der Waals surface area contributed by atoms with Crippen molar-refractivity contribution in [1.82, 2.24) is 9.97 Å². The van der Waals surface area contributed by atoms with Crippen molar-refractivity contribution >= 4 is 21.9 Å². The molecule has 1 aromatic carbocycles. The van der Waals surface area contributed by atoms with Gasteiger partial charge in [0.1, 0.15) is 0 Å². The molecule has 94 valence electrons. The van der Waals surface area contributed by atoms with Crippen molar-refractivity contribution in [2.24, 2.45) is 0 Å². The smallest absolute Gasteiger partial charge is 0.226 e. The number of hydrogen-bond donors (Lipinski definition) is 1. The van der Waals surface area contributed by atoms with Gasteiger partial charge in [-0.05, 0) is 18.6 Å². The SMILES string of the molecule is CCOc1ccnc(NCc2ccccc2Br)n1.